The Labute approximate surface area is 182 Å². The Kier molecular flexibility index (Phi) is 7.65. The van der Waals surface area contributed by atoms with Gasteiger partial charge in [0.15, 0.2) is 0 Å². The molecule has 164 valence electrons. The van der Waals surface area contributed by atoms with E-state index in [4.69, 9.17) is 9.15 Å². The number of alkyl carbamates (subject to hydrolysis) is 1. The number of nitrogens with zero attached hydrogens (tertiary/aromatic N) is 2. The van der Waals surface area contributed by atoms with Gasteiger partial charge in [0.1, 0.15) is 5.58 Å². The highest BCUT2D eigenvalue weighted by atomic mass is 16.5. The van der Waals surface area contributed by atoms with Gasteiger partial charge in [0, 0.05) is 67.1 Å². The molecule has 0 fully saturated rings. The molecule has 0 saturated heterocycles. The van der Waals surface area contributed by atoms with E-state index in [9.17, 15) is 9.59 Å². The lowest BCUT2D eigenvalue weighted by atomic mass is 10.0. The maximum atomic E-state index is 12.5. The Bertz CT molecular complexity index is 1080. The molecule has 0 bridgehead atoms. The molecule has 1 aromatic carbocycles. The summed E-state index contributed by atoms with van der Waals surface area (Å²) in [5.41, 5.74) is 3.50. The molecule has 0 spiro atoms. The third-order valence-corrected chi connectivity index (χ3v) is 5.36. The van der Waals surface area contributed by atoms with E-state index in [2.05, 4.69) is 29.0 Å². The first-order chi connectivity index (χ1) is 15.0. The summed E-state index contributed by atoms with van der Waals surface area (Å²) in [6.07, 6.45) is 2.13. The lowest BCUT2D eigenvalue weighted by Gasteiger charge is -2.21. The van der Waals surface area contributed by atoms with Gasteiger partial charge in [-0.3, -0.25) is 4.98 Å². The predicted molar refractivity (Wildman–Crippen MR) is 122 cm³/mol. The summed E-state index contributed by atoms with van der Waals surface area (Å²) in [4.78, 5) is 30.8. The van der Waals surface area contributed by atoms with Crippen LogP contribution in [0.3, 0.4) is 0 Å². The van der Waals surface area contributed by atoms with Crippen molar-refractivity contribution in [2.24, 2.45) is 0 Å². The largest absolute Gasteiger partial charge is 0.449 e. The van der Waals surface area contributed by atoms with E-state index >= 15 is 0 Å². The van der Waals surface area contributed by atoms with Crippen molar-refractivity contribution in [3.63, 3.8) is 0 Å². The number of anilines is 1. The SMILES string of the molecule is CCN(CC)c1ccc2c(C)c(CCOC(=O)NCCc3ccccn3)c(=O)oc2c1. The molecule has 3 aromatic rings. The third kappa shape index (κ3) is 5.63. The van der Waals surface area contributed by atoms with Gasteiger partial charge in [0.05, 0.1) is 6.61 Å². The molecular weight excluding hydrogens is 394 g/mol. The molecule has 2 heterocycles. The van der Waals surface area contributed by atoms with E-state index < -0.39 is 6.09 Å². The normalized spacial score (nSPS) is 10.8. The van der Waals surface area contributed by atoms with Crippen molar-refractivity contribution in [3.05, 3.63) is 69.8 Å². The predicted octanol–water partition coefficient (Wildman–Crippen LogP) is 3.85. The fraction of sp³-hybridized carbons (Fsp3) is 0.375. The number of fused-ring (bicyclic) bond motifs is 1. The summed E-state index contributed by atoms with van der Waals surface area (Å²) in [5, 5.41) is 3.59. The Hall–Kier alpha value is -3.35. The average Bonchev–Trinajstić information content (AvgIpc) is 2.77. The van der Waals surface area contributed by atoms with Crippen molar-refractivity contribution >= 4 is 22.7 Å². The van der Waals surface area contributed by atoms with Gasteiger partial charge in [0.25, 0.3) is 0 Å². The second kappa shape index (κ2) is 10.6. The minimum absolute atomic E-state index is 0.101. The summed E-state index contributed by atoms with van der Waals surface area (Å²) in [6, 6.07) is 11.6. The molecule has 0 aliphatic rings. The Balaban J connectivity index is 1.59. The van der Waals surface area contributed by atoms with Crippen molar-refractivity contribution in [2.75, 3.05) is 31.1 Å². The second-order valence-corrected chi connectivity index (χ2v) is 7.23. The number of pyridine rings is 1. The summed E-state index contributed by atoms with van der Waals surface area (Å²) in [5.74, 6) is 0. The number of carbonyl (C=O) groups excluding carboxylic acids is 1. The van der Waals surface area contributed by atoms with Gasteiger partial charge >= 0.3 is 11.7 Å². The molecule has 0 radical (unpaired) electrons. The van der Waals surface area contributed by atoms with E-state index in [1.165, 1.54) is 0 Å². The number of rotatable bonds is 9. The Morgan fingerprint density at radius 1 is 1.16 bits per heavy atom. The van der Waals surface area contributed by atoms with E-state index in [1.54, 1.807) is 6.20 Å². The first-order valence-corrected chi connectivity index (χ1v) is 10.6. The first-order valence-electron chi connectivity index (χ1n) is 10.6. The van der Waals surface area contributed by atoms with Crippen LogP contribution < -0.4 is 15.8 Å². The molecule has 0 atom stereocenters. The van der Waals surface area contributed by atoms with E-state index in [0.717, 1.165) is 35.4 Å². The number of nitrogens with one attached hydrogen (secondary N) is 1. The molecule has 31 heavy (non-hydrogen) atoms. The number of hydrogen-bond acceptors (Lipinski definition) is 6. The van der Waals surface area contributed by atoms with Gasteiger partial charge in [-0.1, -0.05) is 6.07 Å². The van der Waals surface area contributed by atoms with Gasteiger partial charge in [-0.25, -0.2) is 9.59 Å². The number of aryl methyl sites for hydroxylation is 1. The van der Waals surface area contributed by atoms with Gasteiger partial charge in [-0.2, -0.15) is 0 Å². The number of benzene rings is 1. The van der Waals surface area contributed by atoms with E-state index in [0.29, 0.717) is 30.5 Å². The monoisotopic (exact) mass is 423 g/mol. The molecule has 3 rings (SSSR count). The fourth-order valence-corrected chi connectivity index (χ4v) is 3.59. The van der Waals surface area contributed by atoms with Crippen LogP contribution in [0.4, 0.5) is 10.5 Å². The lowest BCUT2D eigenvalue weighted by molar-refractivity contribution is 0.147. The zero-order valence-corrected chi connectivity index (χ0v) is 18.3. The van der Waals surface area contributed by atoms with Gasteiger partial charge in [-0.15, -0.1) is 0 Å². The number of carbonyl (C=O) groups is 1. The lowest BCUT2D eigenvalue weighted by Crippen LogP contribution is -2.27. The van der Waals surface area contributed by atoms with Gasteiger partial charge in [-0.05, 0) is 50.6 Å². The summed E-state index contributed by atoms with van der Waals surface area (Å²) in [6.45, 7) is 8.37. The van der Waals surface area contributed by atoms with Crippen LogP contribution in [0, 0.1) is 6.92 Å². The third-order valence-electron chi connectivity index (χ3n) is 5.36. The van der Waals surface area contributed by atoms with Crippen LogP contribution in [0.2, 0.25) is 0 Å². The molecule has 1 N–H and O–H groups in total. The van der Waals surface area contributed by atoms with Crippen molar-refractivity contribution in [2.45, 2.75) is 33.6 Å². The molecule has 0 aliphatic heterocycles. The van der Waals surface area contributed by atoms with Crippen LogP contribution in [-0.2, 0) is 17.6 Å². The minimum Gasteiger partial charge on any atom is -0.449 e. The van der Waals surface area contributed by atoms with E-state index in [-0.39, 0.29) is 12.2 Å². The number of aromatic nitrogens is 1. The summed E-state index contributed by atoms with van der Waals surface area (Å²) in [7, 11) is 0. The van der Waals surface area contributed by atoms with Crippen LogP contribution >= 0.6 is 0 Å². The van der Waals surface area contributed by atoms with Crippen LogP contribution in [0.1, 0.15) is 30.7 Å². The quantitative estimate of drug-likeness (QED) is 0.526. The van der Waals surface area contributed by atoms with Crippen molar-refractivity contribution < 1.29 is 13.9 Å². The molecule has 0 saturated carbocycles. The Morgan fingerprint density at radius 2 is 1.97 bits per heavy atom. The van der Waals surface area contributed by atoms with Crippen LogP contribution in [0.5, 0.6) is 0 Å². The molecule has 7 heteroatoms. The first kappa shape index (κ1) is 22.3. The fourth-order valence-electron chi connectivity index (χ4n) is 3.59. The van der Waals surface area contributed by atoms with Crippen LogP contribution in [-0.4, -0.2) is 37.3 Å². The average molecular weight is 424 g/mol. The molecule has 0 aliphatic carbocycles. The molecule has 0 unspecified atom stereocenters. The van der Waals surface area contributed by atoms with Gasteiger partial charge in [0.2, 0.25) is 0 Å². The maximum Gasteiger partial charge on any atom is 0.407 e. The van der Waals surface area contributed by atoms with Crippen molar-refractivity contribution in [1.29, 1.82) is 0 Å². The van der Waals surface area contributed by atoms with Crippen LogP contribution in [0.25, 0.3) is 11.0 Å². The smallest absolute Gasteiger partial charge is 0.407 e. The van der Waals surface area contributed by atoms with Gasteiger partial charge < -0.3 is 19.4 Å². The van der Waals surface area contributed by atoms with Crippen LogP contribution in [0.15, 0.2) is 51.8 Å². The highest BCUT2D eigenvalue weighted by Gasteiger charge is 2.14. The molecular formula is C24H29N3O4. The summed E-state index contributed by atoms with van der Waals surface area (Å²) < 4.78 is 10.8. The second-order valence-electron chi connectivity index (χ2n) is 7.23. The highest BCUT2D eigenvalue weighted by Crippen LogP contribution is 2.25. The van der Waals surface area contributed by atoms with Crippen molar-refractivity contribution in [1.82, 2.24) is 10.3 Å². The standard InChI is InChI=1S/C24H29N3O4/c1-4-27(5-2)19-9-10-20-17(3)21(23(28)31-22(20)16-19)12-15-30-24(29)26-14-11-18-8-6-7-13-25-18/h6-10,13,16H,4-5,11-12,14-15H2,1-3H3,(H,26,29). The zero-order chi connectivity index (χ0) is 22.2. The number of hydrogen-bond donors (Lipinski definition) is 1. The van der Waals surface area contributed by atoms with E-state index in [1.807, 2.05) is 43.3 Å². The Morgan fingerprint density at radius 3 is 2.68 bits per heavy atom. The number of amides is 1. The zero-order valence-electron chi connectivity index (χ0n) is 18.3. The maximum absolute atomic E-state index is 12.5. The summed E-state index contributed by atoms with van der Waals surface area (Å²) >= 11 is 0. The molecule has 7 nitrogen and oxygen atoms in total. The number of ether oxygens (including phenoxy) is 1. The molecule has 1 amide bonds. The highest BCUT2D eigenvalue weighted by molar-refractivity contribution is 5.84. The van der Waals surface area contributed by atoms with Crippen molar-refractivity contribution in [3.8, 4) is 0 Å². The molecule has 2 aromatic heterocycles. The minimum atomic E-state index is -0.511. The topological polar surface area (TPSA) is 84.7 Å².